The van der Waals surface area contributed by atoms with Gasteiger partial charge in [-0.05, 0) is 18.7 Å². The highest BCUT2D eigenvalue weighted by atomic mass is 19.2. The van der Waals surface area contributed by atoms with E-state index < -0.39 is 45.8 Å². The first-order chi connectivity index (χ1) is 9.38. The van der Waals surface area contributed by atoms with Crippen LogP contribution in [0.4, 0.5) is 13.2 Å². The van der Waals surface area contributed by atoms with Crippen LogP contribution in [0.25, 0.3) is 10.9 Å². The molecular formula is C12H9F3N2O3. The van der Waals surface area contributed by atoms with Gasteiger partial charge < -0.3 is 9.84 Å². The summed E-state index contributed by atoms with van der Waals surface area (Å²) in [6.07, 6.45) is 0. The van der Waals surface area contributed by atoms with E-state index in [2.05, 4.69) is 9.84 Å². The molecule has 2 aromatic rings. The molecule has 0 N–H and O–H groups in total. The molecule has 1 aromatic carbocycles. The largest absolute Gasteiger partial charge is 0.867 e. The van der Waals surface area contributed by atoms with Crippen LogP contribution in [0.1, 0.15) is 17.4 Å². The van der Waals surface area contributed by atoms with Crippen molar-refractivity contribution < 1.29 is 32.5 Å². The molecule has 0 aliphatic carbocycles. The Hall–Kier alpha value is -2.38. The van der Waals surface area contributed by atoms with E-state index in [0.29, 0.717) is 6.07 Å². The number of rotatable bonds is 2. The fourth-order valence-electron chi connectivity index (χ4n) is 1.76. The van der Waals surface area contributed by atoms with Gasteiger partial charge in [0.2, 0.25) is 0 Å². The van der Waals surface area contributed by atoms with Gasteiger partial charge in [0.1, 0.15) is 0 Å². The van der Waals surface area contributed by atoms with Gasteiger partial charge in [0.05, 0.1) is 6.61 Å². The molecule has 0 radical (unpaired) electrons. The summed E-state index contributed by atoms with van der Waals surface area (Å²) >= 11 is 0. The van der Waals surface area contributed by atoms with Crippen molar-refractivity contribution in [3.8, 4) is 5.75 Å². The molecule has 0 aliphatic heterocycles. The molecular weight excluding hydrogens is 277 g/mol. The molecule has 20 heavy (non-hydrogen) atoms. The summed E-state index contributed by atoms with van der Waals surface area (Å²) in [4.78, 5) is 11.6. The van der Waals surface area contributed by atoms with E-state index in [1.807, 2.05) is 0 Å². The van der Waals surface area contributed by atoms with Crippen LogP contribution in [-0.4, -0.2) is 17.7 Å². The summed E-state index contributed by atoms with van der Waals surface area (Å²) in [7, 11) is 1.20. The first kappa shape index (κ1) is 14.0. The summed E-state index contributed by atoms with van der Waals surface area (Å²) < 4.78 is 45.3. The van der Waals surface area contributed by atoms with E-state index in [1.165, 1.54) is 14.0 Å². The highest BCUT2D eigenvalue weighted by Gasteiger charge is 2.26. The minimum atomic E-state index is -1.73. The van der Waals surface area contributed by atoms with Gasteiger partial charge in [0.25, 0.3) is 0 Å². The lowest BCUT2D eigenvalue weighted by Gasteiger charge is -2.12. The van der Waals surface area contributed by atoms with Crippen LogP contribution in [0.2, 0.25) is 0 Å². The molecule has 0 amide bonds. The second kappa shape index (κ2) is 4.95. The Morgan fingerprint density at radius 2 is 2.05 bits per heavy atom. The average molecular weight is 286 g/mol. The average Bonchev–Trinajstić information content (AvgIpc) is 2.38. The minimum Gasteiger partial charge on any atom is -0.867 e. The van der Waals surface area contributed by atoms with Crippen molar-refractivity contribution in [1.29, 1.82) is 0 Å². The summed E-state index contributed by atoms with van der Waals surface area (Å²) in [6, 6.07) is 0.506. The van der Waals surface area contributed by atoms with E-state index in [4.69, 9.17) is 0 Å². The molecule has 0 saturated carbocycles. The number of ether oxygens (including phenoxy) is 1. The Labute approximate surface area is 111 Å². The number of esters is 1. The van der Waals surface area contributed by atoms with Gasteiger partial charge in [-0.15, -0.1) is 0 Å². The standard InChI is InChI=1S/C12H9F3N2O3/c1-3-20-12(19)10-11(18)5-4-6(13)7(14)8(15)9(5)16-17(10)2/h4H,3H2,1-2H3. The monoisotopic (exact) mass is 286 g/mol. The Morgan fingerprint density at radius 3 is 2.65 bits per heavy atom. The molecule has 0 spiro atoms. The Balaban J connectivity index is 2.82. The third kappa shape index (κ3) is 2.02. The molecule has 1 heterocycles. The zero-order valence-electron chi connectivity index (χ0n) is 10.5. The number of hydrogen-bond acceptors (Lipinski definition) is 4. The lowest BCUT2D eigenvalue weighted by Crippen LogP contribution is -2.42. The zero-order chi connectivity index (χ0) is 15.0. The van der Waals surface area contributed by atoms with Gasteiger partial charge in [-0.25, -0.2) is 18.0 Å². The lowest BCUT2D eigenvalue weighted by molar-refractivity contribution is -0.732. The van der Waals surface area contributed by atoms with E-state index in [0.717, 1.165) is 4.68 Å². The molecule has 5 nitrogen and oxygen atoms in total. The Bertz CT molecular complexity index is 719. The van der Waals surface area contributed by atoms with Crippen LogP contribution in [-0.2, 0) is 11.8 Å². The van der Waals surface area contributed by atoms with Gasteiger partial charge >= 0.3 is 11.7 Å². The second-order valence-electron chi connectivity index (χ2n) is 3.90. The SMILES string of the molecule is CCOC(=O)c1c([O-])c2cc(F)c(F)c(F)c2n[n+]1C. The number of nitrogens with zero attached hydrogens (tertiary/aromatic N) is 2. The van der Waals surface area contributed by atoms with Crippen LogP contribution in [0.15, 0.2) is 6.07 Å². The molecule has 0 aliphatic rings. The maximum Gasteiger partial charge on any atom is 0.405 e. The smallest absolute Gasteiger partial charge is 0.405 e. The van der Waals surface area contributed by atoms with Crippen LogP contribution in [0.5, 0.6) is 5.75 Å². The van der Waals surface area contributed by atoms with E-state index in [-0.39, 0.29) is 6.61 Å². The highest BCUT2D eigenvalue weighted by Crippen LogP contribution is 2.27. The zero-order valence-corrected chi connectivity index (χ0v) is 10.5. The van der Waals surface area contributed by atoms with Crippen molar-refractivity contribution >= 4 is 16.9 Å². The molecule has 0 fully saturated rings. The maximum absolute atomic E-state index is 13.6. The maximum atomic E-state index is 13.6. The Morgan fingerprint density at radius 1 is 1.40 bits per heavy atom. The number of aromatic nitrogens is 2. The number of carbonyl (C=O) groups excluding carboxylic acids is 1. The third-order valence-corrected chi connectivity index (χ3v) is 2.64. The van der Waals surface area contributed by atoms with Crippen LogP contribution >= 0.6 is 0 Å². The normalized spacial score (nSPS) is 10.8. The summed E-state index contributed by atoms with van der Waals surface area (Å²) in [5, 5.41) is 15.1. The van der Waals surface area contributed by atoms with E-state index in [9.17, 15) is 23.1 Å². The predicted octanol–water partition coefficient (Wildman–Crippen LogP) is 0.727. The highest BCUT2D eigenvalue weighted by molar-refractivity contribution is 5.95. The molecule has 0 bridgehead atoms. The quantitative estimate of drug-likeness (QED) is 0.464. The number of halogens is 3. The number of benzene rings is 1. The van der Waals surface area contributed by atoms with E-state index in [1.54, 1.807) is 0 Å². The number of hydrogen-bond donors (Lipinski definition) is 0. The van der Waals surface area contributed by atoms with Crippen molar-refractivity contribution in [2.24, 2.45) is 7.05 Å². The number of fused-ring (bicyclic) bond motifs is 1. The molecule has 2 rings (SSSR count). The van der Waals surface area contributed by atoms with Crippen LogP contribution in [0, 0.1) is 17.5 Å². The molecule has 1 aromatic heterocycles. The van der Waals surface area contributed by atoms with Crippen molar-refractivity contribution in [1.82, 2.24) is 5.10 Å². The summed E-state index contributed by atoms with van der Waals surface area (Å²) in [5.41, 5.74) is -1.14. The minimum absolute atomic E-state index is 0.0163. The summed E-state index contributed by atoms with van der Waals surface area (Å²) in [5.74, 6) is -6.79. The lowest BCUT2D eigenvalue weighted by atomic mass is 10.1. The number of carbonyl (C=O) groups is 1. The topological polar surface area (TPSA) is 66.1 Å². The first-order valence-electron chi connectivity index (χ1n) is 5.60. The second-order valence-corrected chi connectivity index (χ2v) is 3.90. The predicted molar refractivity (Wildman–Crippen MR) is 58.2 cm³/mol. The van der Waals surface area contributed by atoms with Gasteiger partial charge in [-0.2, -0.15) is 0 Å². The van der Waals surface area contributed by atoms with Gasteiger partial charge in [0.15, 0.2) is 30.0 Å². The van der Waals surface area contributed by atoms with Gasteiger partial charge in [-0.3, -0.25) is 0 Å². The molecule has 0 atom stereocenters. The van der Waals surface area contributed by atoms with Gasteiger partial charge in [-0.1, -0.05) is 4.68 Å². The van der Waals surface area contributed by atoms with Crippen LogP contribution in [0.3, 0.4) is 0 Å². The van der Waals surface area contributed by atoms with Crippen molar-refractivity contribution in [2.45, 2.75) is 6.92 Å². The van der Waals surface area contributed by atoms with Crippen molar-refractivity contribution in [2.75, 3.05) is 6.61 Å². The molecule has 0 unspecified atom stereocenters. The molecule has 8 heteroatoms. The Kier molecular flexibility index (Phi) is 3.47. The third-order valence-electron chi connectivity index (χ3n) is 2.64. The fraction of sp³-hybridized carbons (Fsp3) is 0.250. The van der Waals surface area contributed by atoms with Crippen LogP contribution < -0.4 is 9.79 Å². The first-order valence-corrected chi connectivity index (χ1v) is 5.60. The van der Waals surface area contributed by atoms with Crippen molar-refractivity contribution in [3.63, 3.8) is 0 Å². The molecule has 0 saturated heterocycles. The van der Waals surface area contributed by atoms with Gasteiger partial charge in [0, 0.05) is 10.5 Å². The van der Waals surface area contributed by atoms with Crippen molar-refractivity contribution in [3.05, 3.63) is 29.2 Å². The summed E-state index contributed by atoms with van der Waals surface area (Å²) in [6.45, 7) is 1.55. The molecule has 106 valence electrons. The fourth-order valence-corrected chi connectivity index (χ4v) is 1.76. The number of aryl methyl sites for hydroxylation is 1. The van der Waals surface area contributed by atoms with E-state index >= 15 is 0 Å².